The third kappa shape index (κ3) is 2.03. The van der Waals surface area contributed by atoms with Gasteiger partial charge in [-0.25, -0.2) is 0 Å². The van der Waals surface area contributed by atoms with E-state index in [0.29, 0.717) is 23.5 Å². The minimum Gasteiger partial charge on any atom is -0.374 e. The van der Waals surface area contributed by atoms with E-state index in [9.17, 15) is 0 Å². The third-order valence-corrected chi connectivity index (χ3v) is 4.61. The van der Waals surface area contributed by atoms with E-state index in [1.54, 1.807) is 0 Å². The molecule has 0 aliphatic carbocycles. The monoisotopic (exact) mass is 201 g/mol. The van der Waals surface area contributed by atoms with Crippen LogP contribution in [0.25, 0.3) is 0 Å². The second kappa shape index (κ2) is 3.79. The lowest BCUT2D eigenvalue weighted by Crippen LogP contribution is -2.56. The Balaban J connectivity index is 2.02. The fourth-order valence-electron chi connectivity index (χ4n) is 2.36. The van der Waals surface area contributed by atoms with E-state index in [0.717, 1.165) is 11.8 Å². The van der Waals surface area contributed by atoms with Gasteiger partial charge in [-0.05, 0) is 20.3 Å². The molecule has 0 aromatic heterocycles. The Morgan fingerprint density at radius 1 is 1.31 bits per heavy atom. The molecular formula is C10H19NOS. The highest BCUT2D eigenvalue weighted by atomic mass is 32.2. The molecule has 2 saturated heterocycles. The second-order valence-corrected chi connectivity index (χ2v) is 5.93. The van der Waals surface area contributed by atoms with Gasteiger partial charge in [-0.3, -0.25) is 0 Å². The quantitative estimate of drug-likeness (QED) is 0.644. The summed E-state index contributed by atoms with van der Waals surface area (Å²) in [4.78, 5) is 0. The topological polar surface area (TPSA) is 21.3 Å². The molecule has 2 rings (SSSR count). The van der Waals surface area contributed by atoms with E-state index >= 15 is 0 Å². The average molecular weight is 201 g/mol. The van der Waals surface area contributed by atoms with Gasteiger partial charge in [-0.1, -0.05) is 6.92 Å². The Kier molecular flexibility index (Phi) is 2.86. The van der Waals surface area contributed by atoms with Crippen LogP contribution in [-0.4, -0.2) is 35.3 Å². The maximum absolute atomic E-state index is 5.84. The highest BCUT2D eigenvalue weighted by Gasteiger charge is 2.38. The zero-order chi connectivity index (χ0) is 9.42. The molecule has 2 heterocycles. The average Bonchev–Trinajstić information content (AvgIpc) is 2.06. The maximum atomic E-state index is 5.84. The first-order valence-electron chi connectivity index (χ1n) is 5.21. The number of ether oxygens (including phenoxy) is 1. The van der Waals surface area contributed by atoms with Crippen molar-refractivity contribution >= 4 is 11.8 Å². The van der Waals surface area contributed by atoms with Crippen molar-refractivity contribution in [2.75, 3.05) is 6.54 Å². The highest BCUT2D eigenvalue weighted by molar-refractivity contribution is 8.00. The van der Waals surface area contributed by atoms with Crippen molar-refractivity contribution < 1.29 is 4.74 Å². The minimum absolute atomic E-state index is 0.411. The molecule has 0 aromatic rings. The number of rotatable bonds is 0. The van der Waals surface area contributed by atoms with E-state index < -0.39 is 0 Å². The molecule has 2 aliphatic rings. The minimum atomic E-state index is 0.411. The summed E-state index contributed by atoms with van der Waals surface area (Å²) in [5.74, 6) is 0. The van der Waals surface area contributed by atoms with Gasteiger partial charge in [0.25, 0.3) is 0 Å². The van der Waals surface area contributed by atoms with Crippen LogP contribution in [0.5, 0.6) is 0 Å². The Bertz CT molecular complexity index is 188. The van der Waals surface area contributed by atoms with Crippen molar-refractivity contribution in [1.82, 2.24) is 5.32 Å². The van der Waals surface area contributed by atoms with Gasteiger partial charge in [0.2, 0.25) is 0 Å². The number of nitrogens with one attached hydrogen (secondary N) is 1. The Morgan fingerprint density at radius 3 is 2.85 bits per heavy atom. The first-order valence-corrected chi connectivity index (χ1v) is 6.15. The summed E-state index contributed by atoms with van der Waals surface area (Å²) in [7, 11) is 0. The van der Waals surface area contributed by atoms with Crippen LogP contribution in [0.3, 0.4) is 0 Å². The van der Waals surface area contributed by atoms with Gasteiger partial charge in [0.1, 0.15) is 0 Å². The summed E-state index contributed by atoms with van der Waals surface area (Å²) >= 11 is 2.09. The smallest absolute Gasteiger partial charge is 0.0684 e. The van der Waals surface area contributed by atoms with E-state index in [2.05, 4.69) is 37.8 Å². The lowest BCUT2D eigenvalue weighted by atomic mass is 9.99. The lowest BCUT2D eigenvalue weighted by molar-refractivity contribution is -0.0385. The predicted molar refractivity (Wildman–Crippen MR) is 57.3 cm³/mol. The van der Waals surface area contributed by atoms with Crippen LogP contribution in [0, 0.1) is 0 Å². The van der Waals surface area contributed by atoms with E-state index in [1.165, 1.54) is 6.42 Å². The SMILES string of the molecule is CC1CC2NCC(C)SC2C(C)O1. The molecule has 0 amide bonds. The molecule has 0 radical (unpaired) electrons. The van der Waals surface area contributed by atoms with Gasteiger partial charge >= 0.3 is 0 Å². The first-order chi connectivity index (χ1) is 6.16. The van der Waals surface area contributed by atoms with Crippen LogP contribution in [0.2, 0.25) is 0 Å². The van der Waals surface area contributed by atoms with Gasteiger partial charge in [0.05, 0.1) is 12.2 Å². The molecule has 5 atom stereocenters. The number of thioether (sulfide) groups is 1. The molecule has 2 fully saturated rings. The second-order valence-electron chi connectivity index (χ2n) is 4.31. The van der Waals surface area contributed by atoms with Gasteiger partial charge in [0, 0.05) is 23.1 Å². The van der Waals surface area contributed by atoms with Crippen LogP contribution in [-0.2, 0) is 4.74 Å². The Labute approximate surface area is 84.8 Å². The van der Waals surface area contributed by atoms with E-state index in [4.69, 9.17) is 4.74 Å². The summed E-state index contributed by atoms with van der Waals surface area (Å²) < 4.78 is 5.84. The normalized spacial score (nSPS) is 51.5. The van der Waals surface area contributed by atoms with Gasteiger partial charge in [-0.15, -0.1) is 11.8 Å². The van der Waals surface area contributed by atoms with Crippen molar-refractivity contribution in [3.05, 3.63) is 0 Å². The number of hydrogen-bond donors (Lipinski definition) is 1. The molecule has 2 nitrogen and oxygen atoms in total. The number of fused-ring (bicyclic) bond motifs is 1. The van der Waals surface area contributed by atoms with Crippen LogP contribution in [0.1, 0.15) is 27.2 Å². The van der Waals surface area contributed by atoms with Gasteiger partial charge in [0.15, 0.2) is 0 Å². The van der Waals surface area contributed by atoms with Crippen LogP contribution in [0.15, 0.2) is 0 Å². The molecule has 76 valence electrons. The molecule has 1 N–H and O–H groups in total. The molecule has 0 saturated carbocycles. The van der Waals surface area contributed by atoms with Crippen molar-refractivity contribution in [1.29, 1.82) is 0 Å². The molecule has 13 heavy (non-hydrogen) atoms. The largest absolute Gasteiger partial charge is 0.374 e. The van der Waals surface area contributed by atoms with Gasteiger partial charge < -0.3 is 10.1 Å². The molecule has 0 aromatic carbocycles. The molecule has 0 spiro atoms. The van der Waals surface area contributed by atoms with Gasteiger partial charge in [-0.2, -0.15) is 0 Å². The highest BCUT2D eigenvalue weighted by Crippen LogP contribution is 2.34. The summed E-state index contributed by atoms with van der Waals surface area (Å²) in [6.07, 6.45) is 2.01. The Hall–Kier alpha value is 0.270. The summed E-state index contributed by atoms with van der Waals surface area (Å²) in [6, 6.07) is 0.681. The van der Waals surface area contributed by atoms with Crippen molar-refractivity contribution in [2.24, 2.45) is 0 Å². The van der Waals surface area contributed by atoms with Crippen molar-refractivity contribution in [3.8, 4) is 0 Å². The standard InChI is InChI=1S/C10H19NOS/c1-6-4-9-10(8(3)12-6)13-7(2)5-11-9/h6-11H,4-5H2,1-3H3. The molecule has 3 heteroatoms. The fourth-order valence-corrected chi connectivity index (χ4v) is 3.77. The fraction of sp³-hybridized carbons (Fsp3) is 1.00. The zero-order valence-electron chi connectivity index (χ0n) is 8.62. The summed E-state index contributed by atoms with van der Waals surface area (Å²) in [5.41, 5.74) is 0. The Morgan fingerprint density at radius 2 is 2.08 bits per heavy atom. The summed E-state index contributed by atoms with van der Waals surface area (Å²) in [5, 5.41) is 5.03. The number of hydrogen-bond acceptors (Lipinski definition) is 3. The molecule has 5 unspecified atom stereocenters. The van der Waals surface area contributed by atoms with Crippen LogP contribution < -0.4 is 5.32 Å². The van der Waals surface area contributed by atoms with E-state index in [1.807, 2.05) is 0 Å². The zero-order valence-corrected chi connectivity index (χ0v) is 9.43. The third-order valence-electron chi connectivity index (χ3n) is 2.95. The van der Waals surface area contributed by atoms with Crippen molar-refractivity contribution in [2.45, 2.75) is 55.9 Å². The maximum Gasteiger partial charge on any atom is 0.0684 e. The van der Waals surface area contributed by atoms with E-state index in [-0.39, 0.29) is 0 Å². The van der Waals surface area contributed by atoms with Crippen LogP contribution >= 0.6 is 11.8 Å². The first kappa shape index (κ1) is 9.81. The molecular weight excluding hydrogens is 182 g/mol. The van der Waals surface area contributed by atoms with Crippen molar-refractivity contribution in [3.63, 3.8) is 0 Å². The summed E-state index contributed by atoms with van der Waals surface area (Å²) in [6.45, 7) is 7.83. The molecule has 2 aliphatic heterocycles. The molecule has 0 bridgehead atoms. The van der Waals surface area contributed by atoms with Crippen LogP contribution in [0.4, 0.5) is 0 Å². The lowest BCUT2D eigenvalue weighted by Gasteiger charge is -2.44. The predicted octanol–water partition coefficient (Wildman–Crippen LogP) is 1.65.